The number of phenolic OH excluding ortho intramolecular Hbond substituents is 1. The van der Waals surface area contributed by atoms with Gasteiger partial charge in [0.2, 0.25) is 0 Å². The van der Waals surface area contributed by atoms with Crippen molar-refractivity contribution in [3.63, 3.8) is 0 Å². The first-order chi connectivity index (χ1) is 5.79. The molecule has 1 aliphatic rings. The zero-order valence-electron chi connectivity index (χ0n) is 6.55. The quantitative estimate of drug-likeness (QED) is 0.772. The van der Waals surface area contributed by atoms with Crippen LogP contribution in [0, 0.1) is 0 Å². The molecule has 3 heteroatoms. The second-order valence-corrected chi connectivity index (χ2v) is 3.83. The van der Waals surface area contributed by atoms with Gasteiger partial charge in [0.1, 0.15) is 5.75 Å². The number of hydrogen-bond acceptors (Lipinski definition) is 2. The van der Waals surface area contributed by atoms with E-state index in [1.54, 1.807) is 0 Å². The number of nitrogens with one attached hydrogen (secondary N) is 1. The molecule has 64 valence electrons. The number of aromatic hydroxyl groups is 1. The molecule has 1 aromatic carbocycles. The summed E-state index contributed by atoms with van der Waals surface area (Å²) in [5.74, 6) is 0.370. The first kappa shape index (κ1) is 8.08. The van der Waals surface area contributed by atoms with Crippen LogP contribution >= 0.6 is 15.9 Å². The average molecular weight is 228 g/mol. The lowest BCUT2D eigenvalue weighted by Crippen LogP contribution is -2.34. The monoisotopic (exact) mass is 227 g/mol. The predicted octanol–water partition coefficient (Wildman–Crippen LogP) is 2.19. The molecular formula is C9H10BrNO. The normalized spacial score (nSPS) is 21.9. The van der Waals surface area contributed by atoms with Gasteiger partial charge >= 0.3 is 0 Å². The highest BCUT2D eigenvalue weighted by molar-refractivity contribution is 9.10. The van der Waals surface area contributed by atoms with E-state index in [2.05, 4.69) is 21.2 Å². The van der Waals surface area contributed by atoms with Gasteiger partial charge in [-0.15, -0.1) is 0 Å². The third kappa shape index (κ3) is 1.23. The fourth-order valence-electron chi connectivity index (χ4n) is 1.37. The molecule has 0 spiro atoms. The Morgan fingerprint density at radius 3 is 2.83 bits per heavy atom. The van der Waals surface area contributed by atoms with Crippen molar-refractivity contribution in [3.8, 4) is 5.75 Å². The van der Waals surface area contributed by atoms with Crippen LogP contribution in [0.15, 0.2) is 22.7 Å². The number of halogens is 1. The number of rotatable bonds is 1. The fourth-order valence-corrected chi connectivity index (χ4v) is 1.75. The maximum atomic E-state index is 9.65. The minimum Gasteiger partial charge on any atom is -0.506 e. The summed E-state index contributed by atoms with van der Waals surface area (Å²) in [5.41, 5.74) is 0.996. The molecule has 0 amide bonds. The first-order valence-corrected chi connectivity index (χ1v) is 4.79. The van der Waals surface area contributed by atoms with Gasteiger partial charge in [0.25, 0.3) is 0 Å². The summed E-state index contributed by atoms with van der Waals surface area (Å²) in [6.07, 6.45) is 1.12. The van der Waals surface area contributed by atoms with Crippen molar-refractivity contribution in [1.29, 1.82) is 0 Å². The zero-order valence-corrected chi connectivity index (χ0v) is 8.13. The van der Waals surface area contributed by atoms with Crippen molar-refractivity contribution in [1.82, 2.24) is 5.32 Å². The summed E-state index contributed by atoms with van der Waals surface area (Å²) >= 11 is 3.29. The van der Waals surface area contributed by atoms with Gasteiger partial charge in [-0.3, -0.25) is 0 Å². The van der Waals surface area contributed by atoms with Crippen molar-refractivity contribution >= 4 is 15.9 Å². The van der Waals surface area contributed by atoms with E-state index in [0.717, 1.165) is 23.0 Å². The standard InChI is InChI=1S/C9H10BrNO/c10-7-3-1-2-6(9(7)12)8-4-5-11-8/h1-3,8,11-12H,4-5H2/t8-/m1/s1. The summed E-state index contributed by atoms with van der Waals surface area (Å²) in [5, 5.41) is 12.9. The highest BCUT2D eigenvalue weighted by atomic mass is 79.9. The van der Waals surface area contributed by atoms with E-state index in [-0.39, 0.29) is 0 Å². The molecular weight excluding hydrogens is 218 g/mol. The fraction of sp³-hybridized carbons (Fsp3) is 0.333. The largest absolute Gasteiger partial charge is 0.506 e. The van der Waals surface area contributed by atoms with Crippen LogP contribution in [-0.2, 0) is 0 Å². The molecule has 1 saturated heterocycles. The van der Waals surface area contributed by atoms with Crippen LogP contribution in [-0.4, -0.2) is 11.7 Å². The Morgan fingerprint density at radius 2 is 2.25 bits per heavy atom. The van der Waals surface area contributed by atoms with Crippen LogP contribution in [0.4, 0.5) is 0 Å². The van der Waals surface area contributed by atoms with Gasteiger partial charge in [0.05, 0.1) is 4.47 Å². The van der Waals surface area contributed by atoms with Gasteiger partial charge in [-0.25, -0.2) is 0 Å². The Labute approximate surface area is 79.7 Å². The maximum Gasteiger partial charge on any atom is 0.134 e. The van der Waals surface area contributed by atoms with E-state index in [4.69, 9.17) is 0 Å². The van der Waals surface area contributed by atoms with Crippen LogP contribution in [0.25, 0.3) is 0 Å². The molecule has 1 fully saturated rings. The summed E-state index contributed by atoms with van der Waals surface area (Å²) in [4.78, 5) is 0. The molecule has 1 atom stereocenters. The number of para-hydroxylation sites is 1. The molecule has 12 heavy (non-hydrogen) atoms. The van der Waals surface area contributed by atoms with Gasteiger partial charge in [0.15, 0.2) is 0 Å². The smallest absolute Gasteiger partial charge is 0.134 e. The Hall–Kier alpha value is -0.540. The van der Waals surface area contributed by atoms with Gasteiger partial charge in [-0.1, -0.05) is 12.1 Å². The van der Waals surface area contributed by atoms with Gasteiger partial charge < -0.3 is 10.4 Å². The summed E-state index contributed by atoms with van der Waals surface area (Å²) in [6, 6.07) is 6.09. The predicted molar refractivity (Wildman–Crippen MR) is 51.2 cm³/mol. The molecule has 0 unspecified atom stereocenters. The minimum atomic E-state index is 0.350. The Balaban J connectivity index is 2.36. The first-order valence-electron chi connectivity index (χ1n) is 4.00. The average Bonchev–Trinajstić information content (AvgIpc) is 1.95. The highest BCUT2D eigenvalue weighted by Crippen LogP contribution is 2.35. The van der Waals surface area contributed by atoms with Crippen LogP contribution in [0.1, 0.15) is 18.0 Å². The van der Waals surface area contributed by atoms with Gasteiger partial charge in [0, 0.05) is 11.6 Å². The van der Waals surface area contributed by atoms with Crippen LogP contribution in [0.3, 0.4) is 0 Å². The van der Waals surface area contributed by atoms with Gasteiger partial charge in [-0.2, -0.15) is 0 Å². The molecule has 2 nitrogen and oxygen atoms in total. The lowest BCUT2D eigenvalue weighted by molar-refractivity contribution is 0.363. The maximum absolute atomic E-state index is 9.65. The highest BCUT2D eigenvalue weighted by Gasteiger charge is 2.21. The number of benzene rings is 1. The minimum absolute atomic E-state index is 0.350. The third-order valence-electron chi connectivity index (χ3n) is 2.22. The van der Waals surface area contributed by atoms with Crippen LogP contribution in [0.5, 0.6) is 5.75 Å². The molecule has 0 aromatic heterocycles. The lowest BCUT2D eigenvalue weighted by atomic mass is 9.97. The Kier molecular flexibility index (Phi) is 2.07. The molecule has 1 aliphatic heterocycles. The summed E-state index contributed by atoms with van der Waals surface area (Å²) < 4.78 is 0.772. The Morgan fingerprint density at radius 1 is 1.50 bits per heavy atom. The molecule has 0 bridgehead atoms. The second-order valence-electron chi connectivity index (χ2n) is 2.97. The molecule has 0 radical (unpaired) electrons. The molecule has 2 N–H and O–H groups in total. The van der Waals surface area contributed by atoms with Crippen molar-refractivity contribution in [2.75, 3.05) is 6.54 Å². The summed E-state index contributed by atoms with van der Waals surface area (Å²) in [6.45, 7) is 1.05. The van der Waals surface area contributed by atoms with E-state index >= 15 is 0 Å². The zero-order chi connectivity index (χ0) is 8.55. The molecule has 1 aromatic rings. The molecule has 0 saturated carbocycles. The van der Waals surface area contributed by atoms with Crippen molar-refractivity contribution < 1.29 is 5.11 Å². The Bertz CT molecular complexity index is 297. The van der Waals surface area contributed by atoms with E-state index in [0.29, 0.717) is 11.8 Å². The number of hydrogen-bond donors (Lipinski definition) is 2. The molecule has 1 heterocycles. The molecule has 0 aliphatic carbocycles. The topological polar surface area (TPSA) is 32.3 Å². The van der Waals surface area contributed by atoms with E-state index in [1.807, 2.05) is 18.2 Å². The SMILES string of the molecule is Oc1c(Br)cccc1[C@H]1CCN1. The third-order valence-corrected chi connectivity index (χ3v) is 2.86. The van der Waals surface area contributed by atoms with Crippen LogP contribution in [0.2, 0.25) is 0 Å². The van der Waals surface area contributed by atoms with Crippen molar-refractivity contribution in [2.24, 2.45) is 0 Å². The van der Waals surface area contributed by atoms with Crippen molar-refractivity contribution in [3.05, 3.63) is 28.2 Å². The van der Waals surface area contributed by atoms with Gasteiger partial charge in [-0.05, 0) is 35.0 Å². The van der Waals surface area contributed by atoms with E-state index < -0.39 is 0 Å². The van der Waals surface area contributed by atoms with Crippen molar-refractivity contribution in [2.45, 2.75) is 12.5 Å². The van der Waals surface area contributed by atoms with E-state index in [9.17, 15) is 5.11 Å². The van der Waals surface area contributed by atoms with E-state index in [1.165, 1.54) is 0 Å². The number of phenols is 1. The summed E-state index contributed by atoms with van der Waals surface area (Å²) in [7, 11) is 0. The van der Waals surface area contributed by atoms with Crippen LogP contribution < -0.4 is 5.32 Å². The lowest BCUT2D eigenvalue weighted by Gasteiger charge is -2.28. The molecule has 2 rings (SSSR count). The second kappa shape index (κ2) is 3.07.